The van der Waals surface area contributed by atoms with Gasteiger partial charge in [0, 0.05) is 22.1 Å². The number of nitrogens with zero attached hydrogens (tertiary/aromatic N) is 1. The zero-order chi connectivity index (χ0) is 21.1. The van der Waals surface area contributed by atoms with Crippen molar-refractivity contribution in [3.8, 4) is 11.3 Å². The first-order valence-electron chi connectivity index (χ1n) is 9.35. The maximum atomic E-state index is 11.7. The van der Waals surface area contributed by atoms with Crippen molar-refractivity contribution in [1.82, 2.24) is 4.98 Å². The molecule has 30 heavy (non-hydrogen) atoms. The molecule has 1 aromatic heterocycles. The summed E-state index contributed by atoms with van der Waals surface area (Å²) in [5.74, 6) is 0.608. The zero-order valence-corrected chi connectivity index (χ0v) is 18.3. The summed E-state index contributed by atoms with van der Waals surface area (Å²) in [5.41, 5.74) is 4.57. The summed E-state index contributed by atoms with van der Waals surface area (Å²) >= 11 is 1.41. The number of hydrogen-bond donors (Lipinski definition) is 0. The van der Waals surface area contributed by atoms with Crippen LogP contribution in [-0.4, -0.2) is 27.6 Å². The molecule has 5 nitrogen and oxygen atoms in total. The van der Waals surface area contributed by atoms with Crippen molar-refractivity contribution in [1.29, 1.82) is 0 Å². The number of aromatic nitrogens is 1. The van der Waals surface area contributed by atoms with E-state index < -0.39 is 10.1 Å². The molecule has 0 saturated carbocycles. The van der Waals surface area contributed by atoms with Crippen molar-refractivity contribution < 1.29 is 16.8 Å². The van der Waals surface area contributed by atoms with E-state index in [2.05, 4.69) is 28.4 Å². The molecule has 4 rings (SSSR count). The van der Waals surface area contributed by atoms with Crippen LogP contribution in [0.1, 0.15) is 11.1 Å². The highest BCUT2D eigenvalue weighted by Gasteiger charge is 2.13. The van der Waals surface area contributed by atoms with Crippen LogP contribution in [0.25, 0.3) is 32.9 Å². The summed E-state index contributed by atoms with van der Waals surface area (Å²) in [7, 11) is -0.708. The van der Waals surface area contributed by atoms with E-state index in [1.165, 1.54) is 24.7 Å². The van der Waals surface area contributed by atoms with Gasteiger partial charge in [0.2, 0.25) is 0 Å². The monoisotopic (exact) mass is 439 g/mol. The number of benzene rings is 3. The molecule has 0 atom stereocenters. The fourth-order valence-corrected chi connectivity index (χ4v) is 4.61. The van der Waals surface area contributed by atoms with Gasteiger partial charge in [0.1, 0.15) is 5.75 Å². The van der Waals surface area contributed by atoms with Crippen molar-refractivity contribution in [3.63, 3.8) is 0 Å². The van der Waals surface area contributed by atoms with Gasteiger partial charge in [0.05, 0.1) is 25.4 Å². The van der Waals surface area contributed by atoms with E-state index in [-0.39, 0.29) is 5.75 Å². The normalized spacial score (nSPS) is 11.9. The van der Waals surface area contributed by atoms with Gasteiger partial charge in [-0.1, -0.05) is 54.6 Å². The van der Waals surface area contributed by atoms with E-state index in [0.29, 0.717) is 5.56 Å². The van der Waals surface area contributed by atoms with E-state index in [4.69, 9.17) is 9.17 Å². The summed E-state index contributed by atoms with van der Waals surface area (Å²) in [6.07, 6.45) is 0. The molecule has 0 spiro atoms. The second-order valence-corrected chi connectivity index (χ2v) is 9.45. The Hall–Kier alpha value is -2.45. The van der Waals surface area contributed by atoms with Gasteiger partial charge in [0.15, 0.2) is 0 Å². The number of hydrogen-bond acceptors (Lipinski definition) is 6. The van der Waals surface area contributed by atoms with Gasteiger partial charge in [-0.2, -0.15) is 8.42 Å². The molecule has 7 heteroatoms. The van der Waals surface area contributed by atoms with Crippen molar-refractivity contribution >= 4 is 43.8 Å². The summed E-state index contributed by atoms with van der Waals surface area (Å²) in [6.45, 7) is 0. The Balaban J connectivity index is 1.83. The van der Waals surface area contributed by atoms with Gasteiger partial charge >= 0.3 is 0 Å². The average molecular weight is 440 g/mol. The molecule has 3 aromatic carbocycles. The smallest absolute Gasteiger partial charge is 0.271 e. The van der Waals surface area contributed by atoms with Crippen molar-refractivity contribution in [3.05, 3.63) is 77.9 Å². The number of para-hydroxylation sites is 1. The first-order chi connectivity index (χ1) is 14.5. The predicted molar refractivity (Wildman–Crippen MR) is 123 cm³/mol. The number of fused-ring (bicyclic) bond motifs is 3. The molecule has 0 aliphatic heterocycles. The molecule has 0 radical (unpaired) electrons. The average Bonchev–Trinajstić information content (AvgIpc) is 2.77. The molecule has 154 valence electrons. The SMILES string of the molecule is COSCc1ccc2c(-c3ccc(CS(=O)(=O)OC)cc3)nc3ccccc3c2c1. The van der Waals surface area contributed by atoms with Gasteiger partial charge in [-0.25, -0.2) is 4.98 Å². The van der Waals surface area contributed by atoms with Gasteiger partial charge in [-0.15, -0.1) is 0 Å². The Morgan fingerprint density at radius 3 is 2.33 bits per heavy atom. The fourth-order valence-electron chi connectivity index (χ4n) is 3.46. The lowest BCUT2D eigenvalue weighted by Gasteiger charge is -2.12. The van der Waals surface area contributed by atoms with Gasteiger partial charge in [-0.05, 0) is 40.7 Å². The highest BCUT2D eigenvalue weighted by Crippen LogP contribution is 2.33. The maximum absolute atomic E-state index is 11.7. The van der Waals surface area contributed by atoms with Crippen LogP contribution >= 0.6 is 12.0 Å². The van der Waals surface area contributed by atoms with Crippen molar-refractivity contribution in [2.45, 2.75) is 11.5 Å². The third kappa shape index (κ3) is 4.34. The zero-order valence-electron chi connectivity index (χ0n) is 16.7. The van der Waals surface area contributed by atoms with Crippen LogP contribution in [-0.2, 0) is 30.0 Å². The van der Waals surface area contributed by atoms with Crippen LogP contribution < -0.4 is 0 Å². The second kappa shape index (κ2) is 8.73. The highest BCUT2D eigenvalue weighted by atomic mass is 32.2. The Bertz CT molecular complexity index is 1300. The molecule has 1 heterocycles. The lowest BCUT2D eigenvalue weighted by molar-refractivity contribution is 0.397. The maximum Gasteiger partial charge on any atom is 0.271 e. The van der Waals surface area contributed by atoms with E-state index in [1.54, 1.807) is 19.2 Å². The molecular weight excluding hydrogens is 418 g/mol. The third-order valence-corrected chi connectivity index (χ3v) is 6.82. The van der Waals surface area contributed by atoms with E-state index in [1.807, 2.05) is 30.3 Å². The highest BCUT2D eigenvalue weighted by molar-refractivity contribution is 7.93. The van der Waals surface area contributed by atoms with Crippen LogP contribution in [0.5, 0.6) is 0 Å². The molecule has 0 unspecified atom stereocenters. The number of rotatable bonds is 7. The minimum absolute atomic E-state index is 0.157. The van der Waals surface area contributed by atoms with Gasteiger partial charge in [0.25, 0.3) is 10.1 Å². The lowest BCUT2D eigenvalue weighted by Crippen LogP contribution is -2.05. The largest absolute Gasteiger partial charge is 0.318 e. The Kier molecular flexibility index (Phi) is 6.06. The van der Waals surface area contributed by atoms with E-state index in [9.17, 15) is 8.42 Å². The van der Waals surface area contributed by atoms with Crippen LogP contribution in [0, 0.1) is 0 Å². The van der Waals surface area contributed by atoms with Gasteiger partial charge in [-0.3, -0.25) is 4.18 Å². The van der Waals surface area contributed by atoms with E-state index in [0.717, 1.165) is 38.7 Å². The van der Waals surface area contributed by atoms with Crippen LogP contribution in [0.2, 0.25) is 0 Å². The summed E-state index contributed by atoms with van der Waals surface area (Å²) < 4.78 is 33.1. The topological polar surface area (TPSA) is 65.5 Å². The fraction of sp³-hybridized carbons (Fsp3) is 0.174. The molecule has 4 aromatic rings. The Morgan fingerprint density at radius 1 is 0.867 bits per heavy atom. The Morgan fingerprint density at radius 2 is 1.60 bits per heavy atom. The third-order valence-electron chi connectivity index (χ3n) is 4.93. The molecule has 0 amide bonds. The first kappa shape index (κ1) is 20.8. The van der Waals surface area contributed by atoms with Crippen LogP contribution in [0.4, 0.5) is 0 Å². The molecule has 0 bridgehead atoms. The predicted octanol–water partition coefficient (Wildman–Crippen LogP) is 5.33. The minimum atomic E-state index is -3.55. The summed E-state index contributed by atoms with van der Waals surface area (Å²) in [5, 5.41) is 3.29. The quantitative estimate of drug-likeness (QED) is 0.220. The molecule has 0 aliphatic rings. The summed E-state index contributed by atoms with van der Waals surface area (Å²) in [4.78, 5) is 4.91. The van der Waals surface area contributed by atoms with Gasteiger partial charge < -0.3 is 4.18 Å². The van der Waals surface area contributed by atoms with Crippen LogP contribution in [0.3, 0.4) is 0 Å². The first-order valence-corrected chi connectivity index (χ1v) is 11.8. The molecular formula is C23H21NO4S2. The molecule has 0 saturated heterocycles. The molecule has 0 N–H and O–H groups in total. The number of pyridine rings is 1. The van der Waals surface area contributed by atoms with Crippen molar-refractivity contribution in [2.75, 3.05) is 14.2 Å². The Labute approximate surface area is 180 Å². The van der Waals surface area contributed by atoms with Crippen molar-refractivity contribution in [2.24, 2.45) is 0 Å². The van der Waals surface area contributed by atoms with Crippen LogP contribution in [0.15, 0.2) is 66.7 Å². The second-order valence-electron chi connectivity index (χ2n) is 6.85. The lowest BCUT2D eigenvalue weighted by atomic mass is 9.98. The minimum Gasteiger partial charge on any atom is -0.318 e. The summed E-state index contributed by atoms with van der Waals surface area (Å²) in [6, 6.07) is 21.9. The molecule has 0 aliphatic carbocycles. The molecule has 0 fully saturated rings. The standard InChI is InChI=1S/C23H21NO4S2/c1-27-29-14-17-9-12-20-21(13-17)19-5-3-4-6-22(19)24-23(20)18-10-7-16(8-11-18)15-30(25,26)28-2/h3-13H,14-15H2,1-2H3. The van der Waals surface area contributed by atoms with E-state index >= 15 is 0 Å².